The van der Waals surface area contributed by atoms with E-state index in [1.807, 2.05) is 0 Å². The van der Waals surface area contributed by atoms with Crippen LogP contribution in [0.1, 0.15) is 17.3 Å². The Kier molecular flexibility index (Phi) is 5.16. The Labute approximate surface area is 154 Å². The normalized spacial score (nSPS) is 10.6. The number of carbonyl (C=O) groups excluding carboxylic acids is 2. The van der Waals surface area contributed by atoms with Crippen LogP contribution in [-0.4, -0.2) is 45.3 Å². The Hall–Kier alpha value is -3.68. The first-order valence-corrected chi connectivity index (χ1v) is 8.11. The molecule has 0 bridgehead atoms. The Bertz CT molecular complexity index is 1030. The van der Waals surface area contributed by atoms with Crippen molar-refractivity contribution in [2.75, 3.05) is 13.2 Å². The molecule has 0 aliphatic carbocycles. The van der Waals surface area contributed by atoms with E-state index in [1.54, 1.807) is 36.4 Å². The largest absolute Gasteiger partial charge is 0.506 e. The van der Waals surface area contributed by atoms with Gasteiger partial charge in [-0.3, -0.25) is 0 Å². The standard InChI is InChI=1S/C19H17N3O5/c1-12(2)18(24)26-9-10-27-19(25)13-7-8-14-15(11-13)21-22(20-14)16-5-3-4-6-17(16)23/h3-8,11,23H,1,9-10H2,2H3. The number of aromatic nitrogens is 3. The SMILES string of the molecule is C=C(C)C(=O)OCCOC(=O)c1ccc2nn(-c3ccccc3O)nc2c1. The molecule has 0 saturated heterocycles. The molecule has 8 heteroatoms. The first kappa shape index (κ1) is 18.1. The molecule has 1 heterocycles. The zero-order valence-corrected chi connectivity index (χ0v) is 14.6. The topological polar surface area (TPSA) is 104 Å². The van der Waals surface area contributed by atoms with E-state index in [-0.39, 0.29) is 30.1 Å². The average Bonchev–Trinajstić information content (AvgIpc) is 3.08. The molecule has 0 atom stereocenters. The van der Waals surface area contributed by atoms with Crippen molar-refractivity contribution < 1.29 is 24.2 Å². The molecule has 0 amide bonds. The van der Waals surface area contributed by atoms with E-state index in [2.05, 4.69) is 16.8 Å². The second-order valence-electron chi connectivity index (χ2n) is 5.73. The highest BCUT2D eigenvalue weighted by atomic mass is 16.6. The number of hydrogen-bond donors (Lipinski definition) is 1. The average molecular weight is 367 g/mol. The smallest absolute Gasteiger partial charge is 0.338 e. The van der Waals surface area contributed by atoms with Crippen LogP contribution in [-0.2, 0) is 14.3 Å². The number of ether oxygens (including phenoxy) is 2. The molecule has 27 heavy (non-hydrogen) atoms. The highest BCUT2D eigenvalue weighted by Gasteiger charge is 2.13. The molecule has 138 valence electrons. The van der Waals surface area contributed by atoms with Crippen molar-refractivity contribution in [3.8, 4) is 11.4 Å². The minimum atomic E-state index is -0.569. The molecule has 8 nitrogen and oxygen atoms in total. The van der Waals surface area contributed by atoms with Crippen LogP contribution in [0, 0.1) is 0 Å². The van der Waals surface area contributed by atoms with Gasteiger partial charge in [0.15, 0.2) is 0 Å². The van der Waals surface area contributed by atoms with Gasteiger partial charge in [-0.2, -0.15) is 0 Å². The van der Waals surface area contributed by atoms with Gasteiger partial charge in [-0.1, -0.05) is 18.7 Å². The second-order valence-corrected chi connectivity index (χ2v) is 5.73. The Morgan fingerprint density at radius 1 is 1.07 bits per heavy atom. The summed E-state index contributed by atoms with van der Waals surface area (Å²) in [6.07, 6.45) is 0. The van der Waals surface area contributed by atoms with E-state index in [9.17, 15) is 14.7 Å². The van der Waals surface area contributed by atoms with Crippen molar-refractivity contribution in [3.05, 3.63) is 60.2 Å². The van der Waals surface area contributed by atoms with Crippen molar-refractivity contribution in [2.24, 2.45) is 0 Å². The number of hydrogen-bond acceptors (Lipinski definition) is 7. The Morgan fingerprint density at radius 2 is 1.78 bits per heavy atom. The van der Waals surface area contributed by atoms with Crippen LogP contribution in [0.2, 0.25) is 0 Å². The van der Waals surface area contributed by atoms with Crippen LogP contribution < -0.4 is 0 Å². The number of nitrogens with zero attached hydrogens (tertiary/aromatic N) is 3. The van der Waals surface area contributed by atoms with E-state index < -0.39 is 11.9 Å². The third kappa shape index (κ3) is 4.12. The fourth-order valence-corrected chi connectivity index (χ4v) is 2.26. The molecule has 0 fully saturated rings. The number of benzene rings is 2. The van der Waals surface area contributed by atoms with Crippen LogP contribution in [0.25, 0.3) is 16.7 Å². The van der Waals surface area contributed by atoms with Crippen molar-refractivity contribution in [1.82, 2.24) is 15.0 Å². The molecule has 0 aliphatic heterocycles. The molecule has 0 spiro atoms. The summed E-state index contributed by atoms with van der Waals surface area (Å²) in [6, 6.07) is 11.4. The van der Waals surface area contributed by atoms with E-state index >= 15 is 0 Å². The van der Waals surface area contributed by atoms with Gasteiger partial charge in [-0.05, 0) is 37.3 Å². The number of carbonyl (C=O) groups is 2. The van der Waals surface area contributed by atoms with Gasteiger partial charge in [-0.25, -0.2) is 9.59 Å². The van der Waals surface area contributed by atoms with Crippen molar-refractivity contribution in [1.29, 1.82) is 0 Å². The predicted molar refractivity (Wildman–Crippen MR) is 96.6 cm³/mol. The van der Waals surface area contributed by atoms with E-state index in [0.29, 0.717) is 16.7 Å². The number of para-hydroxylation sites is 2. The maximum atomic E-state index is 12.1. The summed E-state index contributed by atoms with van der Waals surface area (Å²) in [5.41, 5.74) is 2.03. The van der Waals surface area contributed by atoms with E-state index in [4.69, 9.17) is 9.47 Å². The van der Waals surface area contributed by atoms with Crippen LogP contribution in [0.4, 0.5) is 0 Å². The summed E-state index contributed by atoms with van der Waals surface area (Å²) in [6.45, 7) is 4.87. The first-order valence-electron chi connectivity index (χ1n) is 8.11. The van der Waals surface area contributed by atoms with Gasteiger partial charge < -0.3 is 14.6 Å². The summed E-state index contributed by atoms with van der Waals surface area (Å²) < 4.78 is 9.94. The molecule has 1 N–H and O–H groups in total. The zero-order chi connectivity index (χ0) is 19.4. The lowest BCUT2D eigenvalue weighted by Crippen LogP contribution is -2.14. The van der Waals surface area contributed by atoms with E-state index in [0.717, 1.165) is 0 Å². The summed E-state index contributed by atoms with van der Waals surface area (Å²) in [4.78, 5) is 24.7. The van der Waals surface area contributed by atoms with Gasteiger partial charge >= 0.3 is 11.9 Å². The minimum absolute atomic E-state index is 0.0433. The number of esters is 2. The molecule has 0 unspecified atom stereocenters. The van der Waals surface area contributed by atoms with Crippen molar-refractivity contribution in [2.45, 2.75) is 6.92 Å². The molecule has 3 aromatic rings. The van der Waals surface area contributed by atoms with Crippen LogP contribution in [0.15, 0.2) is 54.6 Å². The number of fused-ring (bicyclic) bond motifs is 1. The molecule has 3 rings (SSSR count). The lowest BCUT2D eigenvalue weighted by Gasteiger charge is -2.06. The molecule has 0 saturated carbocycles. The lowest BCUT2D eigenvalue weighted by atomic mass is 10.2. The van der Waals surface area contributed by atoms with Gasteiger partial charge in [0.25, 0.3) is 0 Å². The van der Waals surface area contributed by atoms with Crippen molar-refractivity contribution >= 4 is 23.0 Å². The van der Waals surface area contributed by atoms with E-state index in [1.165, 1.54) is 17.8 Å². The molecular weight excluding hydrogens is 350 g/mol. The summed E-state index contributed by atoms with van der Waals surface area (Å²) >= 11 is 0. The molecule has 0 radical (unpaired) electrons. The molecule has 2 aromatic carbocycles. The minimum Gasteiger partial charge on any atom is -0.506 e. The quantitative estimate of drug-likeness (QED) is 0.405. The fraction of sp³-hybridized carbons (Fsp3) is 0.158. The Balaban J connectivity index is 1.69. The second kappa shape index (κ2) is 7.69. The number of rotatable bonds is 6. The van der Waals surface area contributed by atoms with Gasteiger partial charge in [0.1, 0.15) is 35.7 Å². The van der Waals surface area contributed by atoms with Crippen LogP contribution in [0.3, 0.4) is 0 Å². The van der Waals surface area contributed by atoms with Gasteiger partial charge in [0.05, 0.1) is 5.56 Å². The zero-order valence-electron chi connectivity index (χ0n) is 14.6. The summed E-state index contributed by atoms with van der Waals surface area (Å²) in [5, 5.41) is 18.5. The number of phenolic OH excluding ortho intramolecular Hbond substituents is 1. The lowest BCUT2D eigenvalue weighted by molar-refractivity contribution is -0.140. The van der Waals surface area contributed by atoms with Gasteiger partial charge in [0, 0.05) is 5.57 Å². The van der Waals surface area contributed by atoms with Crippen LogP contribution in [0.5, 0.6) is 5.75 Å². The number of aromatic hydroxyl groups is 1. The molecule has 0 aliphatic rings. The third-order valence-corrected chi connectivity index (χ3v) is 3.61. The molecular formula is C19H17N3O5. The first-order chi connectivity index (χ1) is 13.0. The fourth-order valence-electron chi connectivity index (χ4n) is 2.26. The highest BCUT2D eigenvalue weighted by Crippen LogP contribution is 2.21. The van der Waals surface area contributed by atoms with Gasteiger partial charge in [-0.15, -0.1) is 15.0 Å². The number of phenols is 1. The maximum Gasteiger partial charge on any atom is 0.338 e. The third-order valence-electron chi connectivity index (χ3n) is 3.61. The van der Waals surface area contributed by atoms with Crippen LogP contribution >= 0.6 is 0 Å². The predicted octanol–water partition coefficient (Wildman–Crippen LogP) is 2.40. The summed E-state index contributed by atoms with van der Waals surface area (Å²) in [7, 11) is 0. The molecule has 1 aromatic heterocycles. The van der Waals surface area contributed by atoms with Gasteiger partial charge in [0.2, 0.25) is 0 Å². The summed E-state index contributed by atoms with van der Waals surface area (Å²) in [5.74, 6) is -1.06. The monoisotopic (exact) mass is 367 g/mol. The maximum absolute atomic E-state index is 12.1. The highest BCUT2D eigenvalue weighted by molar-refractivity contribution is 5.93. The van der Waals surface area contributed by atoms with Crippen molar-refractivity contribution in [3.63, 3.8) is 0 Å². The Morgan fingerprint density at radius 3 is 2.52 bits per heavy atom.